The second-order valence-corrected chi connectivity index (χ2v) is 7.39. The van der Waals surface area contributed by atoms with Crippen molar-refractivity contribution in [2.24, 2.45) is 0 Å². The summed E-state index contributed by atoms with van der Waals surface area (Å²) < 4.78 is 29.1. The standard InChI is InChI=1S/C17H16O4S/c1-11-15-9-13(18)6-7-17(15)21-10-16(11)12-4-3-5-14(8-12)22(2,19)20/h3-9,18H,10H2,1-2H3. The Hall–Kier alpha value is -2.27. The largest absolute Gasteiger partial charge is 0.508 e. The monoisotopic (exact) mass is 316 g/mol. The normalized spacial score (nSPS) is 14.5. The van der Waals surface area contributed by atoms with E-state index < -0.39 is 9.84 Å². The summed E-state index contributed by atoms with van der Waals surface area (Å²) in [5.41, 5.74) is 3.53. The number of phenolic OH excluding ortho intramolecular Hbond substituents is 1. The van der Waals surface area contributed by atoms with Crippen LogP contribution < -0.4 is 4.74 Å². The van der Waals surface area contributed by atoms with Crippen LogP contribution in [0.2, 0.25) is 0 Å². The molecule has 0 amide bonds. The van der Waals surface area contributed by atoms with Gasteiger partial charge in [0.25, 0.3) is 0 Å². The molecule has 0 radical (unpaired) electrons. The first-order valence-electron chi connectivity index (χ1n) is 6.83. The summed E-state index contributed by atoms with van der Waals surface area (Å²) in [6, 6.07) is 11.8. The van der Waals surface area contributed by atoms with Crippen LogP contribution in [-0.2, 0) is 9.84 Å². The van der Waals surface area contributed by atoms with Crippen LogP contribution in [0.25, 0.3) is 11.1 Å². The molecule has 22 heavy (non-hydrogen) atoms. The molecule has 0 aliphatic carbocycles. The molecule has 0 aromatic heterocycles. The van der Waals surface area contributed by atoms with Crippen molar-refractivity contribution in [3.05, 3.63) is 53.6 Å². The van der Waals surface area contributed by atoms with Crippen molar-refractivity contribution in [2.75, 3.05) is 12.9 Å². The van der Waals surface area contributed by atoms with E-state index in [1.54, 1.807) is 36.4 Å². The minimum atomic E-state index is -3.25. The Morgan fingerprint density at radius 1 is 1.14 bits per heavy atom. The van der Waals surface area contributed by atoms with Crippen molar-refractivity contribution in [3.63, 3.8) is 0 Å². The fourth-order valence-electron chi connectivity index (χ4n) is 2.57. The van der Waals surface area contributed by atoms with Crippen LogP contribution in [0.15, 0.2) is 47.4 Å². The molecule has 0 unspecified atom stereocenters. The Morgan fingerprint density at radius 2 is 1.91 bits per heavy atom. The lowest BCUT2D eigenvalue weighted by atomic mass is 9.93. The summed E-state index contributed by atoms with van der Waals surface area (Å²) in [4.78, 5) is 0.284. The molecule has 0 saturated heterocycles. The Labute approximate surface area is 129 Å². The smallest absolute Gasteiger partial charge is 0.175 e. The number of sulfone groups is 1. The van der Waals surface area contributed by atoms with Crippen molar-refractivity contribution >= 4 is 21.0 Å². The zero-order chi connectivity index (χ0) is 15.9. The van der Waals surface area contributed by atoms with E-state index in [-0.39, 0.29) is 10.6 Å². The lowest BCUT2D eigenvalue weighted by Gasteiger charge is -2.23. The molecule has 3 rings (SSSR count). The third-order valence-corrected chi connectivity index (χ3v) is 4.91. The van der Waals surface area contributed by atoms with Crippen LogP contribution in [0.4, 0.5) is 0 Å². The van der Waals surface area contributed by atoms with Crippen LogP contribution in [-0.4, -0.2) is 26.4 Å². The predicted octanol–water partition coefficient (Wildman–Crippen LogP) is 3.12. The van der Waals surface area contributed by atoms with E-state index in [4.69, 9.17) is 4.74 Å². The lowest BCUT2D eigenvalue weighted by molar-refractivity contribution is 0.363. The van der Waals surface area contributed by atoms with Gasteiger partial charge in [-0.3, -0.25) is 0 Å². The fourth-order valence-corrected chi connectivity index (χ4v) is 3.24. The number of hydrogen-bond acceptors (Lipinski definition) is 4. The summed E-state index contributed by atoms with van der Waals surface area (Å²) >= 11 is 0. The predicted molar refractivity (Wildman–Crippen MR) is 85.6 cm³/mol. The summed E-state index contributed by atoms with van der Waals surface area (Å²) in [6.45, 7) is 2.32. The molecule has 1 aliphatic heterocycles. The van der Waals surface area contributed by atoms with Crippen LogP contribution in [0, 0.1) is 0 Å². The third kappa shape index (κ3) is 2.60. The van der Waals surface area contributed by atoms with E-state index >= 15 is 0 Å². The number of phenols is 1. The van der Waals surface area contributed by atoms with Gasteiger partial charge in [-0.25, -0.2) is 8.42 Å². The van der Waals surface area contributed by atoms with Crippen molar-refractivity contribution in [1.29, 1.82) is 0 Å². The highest BCUT2D eigenvalue weighted by molar-refractivity contribution is 7.90. The van der Waals surface area contributed by atoms with Crippen molar-refractivity contribution in [2.45, 2.75) is 11.8 Å². The van der Waals surface area contributed by atoms with E-state index in [2.05, 4.69) is 0 Å². The van der Waals surface area contributed by atoms with E-state index in [0.29, 0.717) is 6.61 Å². The molecule has 0 atom stereocenters. The van der Waals surface area contributed by atoms with E-state index in [9.17, 15) is 13.5 Å². The van der Waals surface area contributed by atoms with Gasteiger partial charge in [0.05, 0.1) is 4.90 Å². The van der Waals surface area contributed by atoms with Crippen LogP contribution in [0.5, 0.6) is 11.5 Å². The zero-order valence-corrected chi connectivity index (χ0v) is 13.1. The zero-order valence-electron chi connectivity index (χ0n) is 12.3. The van der Waals surface area contributed by atoms with Gasteiger partial charge in [0.2, 0.25) is 0 Å². The minimum absolute atomic E-state index is 0.174. The lowest BCUT2D eigenvalue weighted by Crippen LogP contribution is -2.10. The Bertz CT molecular complexity index is 879. The van der Waals surface area contributed by atoms with Crippen molar-refractivity contribution in [1.82, 2.24) is 0 Å². The molecule has 0 fully saturated rings. The molecule has 2 aromatic carbocycles. The van der Waals surface area contributed by atoms with Gasteiger partial charge in [-0.2, -0.15) is 0 Å². The van der Waals surface area contributed by atoms with Crippen molar-refractivity contribution < 1.29 is 18.3 Å². The van der Waals surface area contributed by atoms with Gasteiger partial charge in [-0.15, -0.1) is 0 Å². The molecule has 5 heteroatoms. The maximum absolute atomic E-state index is 11.7. The van der Waals surface area contributed by atoms with Gasteiger partial charge < -0.3 is 9.84 Å². The number of fused-ring (bicyclic) bond motifs is 1. The topological polar surface area (TPSA) is 63.6 Å². The van der Waals surface area contributed by atoms with Crippen LogP contribution in [0.3, 0.4) is 0 Å². The second-order valence-electron chi connectivity index (χ2n) is 5.37. The molecule has 0 saturated carbocycles. The number of ether oxygens (including phenoxy) is 1. The van der Waals surface area contributed by atoms with Gasteiger partial charge in [0.1, 0.15) is 18.1 Å². The highest BCUT2D eigenvalue weighted by atomic mass is 32.2. The number of aromatic hydroxyl groups is 1. The number of rotatable bonds is 2. The maximum atomic E-state index is 11.7. The van der Waals surface area contributed by atoms with Crippen LogP contribution >= 0.6 is 0 Å². The van der Waals surface area contributed by atoms with Crippen LogP contribution in [0.1, 0.15) is 18.1 Å². The first-order valence-corrected chi connectivity index (χ1v) is 8.72. The molecule has 1 N–H and O–H groups in total. The quantitative estimate of drug-likeness (QED) is 0.924. The minimum Gasteiger partial charge on any atom is -0.508 e. The highest BCUT2D eigenvalue weighted by Gasteiger charge is 2.19. The molecule has 2 aromatic rings. The van der Waals surface area contributed by atoms with Gasteiger partial charge in [0.15, 0.2) is 9.84 Å². The number of benzene rings is 2. The first-order chi connectivity index (χ1) is 10.4. The van der Waals surface area contributed by atoms with E-state index in [1.165, 1.54) is 6.26 Å². The number of hydrogen-bond donors (Lipinski definition) is 1. The summed E-state index contributed by atoms with van der Waals surface area (Å²) in [7, 11) is -3.25. The number of allylic oxidation sites excluding steroid dienone is 1. The van der Waals surface area contributed by atoms with Gasteiger partial charge >= 0.3 is 0 Å². The molecular weight excluding hydrogens is 300 g/mol. The van der Waals surface area contributed by atoms with Gasteiger partial charge in [0, 0.05) is 17.4 Å². The maximum Gasteiger partial charge on any atom is 0.175 e. The Kier molecular flexibility index (Phi) is 3.45. The molecule has 4 nitrogen and oxygen atoms in total. The third-order valence-electron chi connectivity index (χ3n) is 3.80. The average Bonchev–Trinajstić information content (AvgIpc) is 2.47. The van der Waals surface area contributed by atoms with Crippen molar-refractivity contribution in [3.8, 4) is 11.5 Å². The fraction of sp³-hybridized carbons (Fsp3) is 0.176. The Morgan fingerprint density at radius 3 is 2.64 bits per heavy atom. The molecule has 114 valence electrons. The van der Waals surface area contributed by atoms with E-state index in [0.717, 1.165) is 28.0 Å². The Balaban J connectivity index is 2.15. The SMILES string of the molecule is CC1=C(c2cccc(S(C)(=O)=O)c2)COc2ccc(O)cc21. The molecular formula is C17H16O4S. The molecule has 1 heterocycles. The first kappa shape index (κ1) is 14.7. The summed E-state index contributed by atoms with van der Waals surface area (Å²) in [5.74, 6) is 0.895. The molecule has 0 spiro atoms. The average molecular weight is 316 g/mol. The van der Waals surface area contributed by atoms with Gasteiger partial charge in [-0.05, 0) is 48.4 Å². The summed E-state index contributed by atoms with van der Waals surface area (Å²) in [6.07, 6.45) is 1.19. The van der Waals surface area contributed by atoms with Gasteiger partial charge in [-0.1, -0.05) is 12.1 Å². The van der Waals surface area contributed by atoms with E-state index in [1.807, 2.05) is 13.0 Å². The summed E-state index contributed by atoms with van der Waals surface area (Å²) in [5, 5.41) is 9.66. The molecule has 1 aliphatic rings. The molecule has 0 bridgehead atoms. The highest BCUT2D eigenvalue weighted by Crippen LogP contribution is 2.38. The second kappa shape index (κ2) is 5.18.